The molecule has 68 heavy (non-hydrogen) atoms. The fourth-order valence-corrected chi connectivity index (χ4v) is 9.19. The minimum atomic E-state index is 0. The third-order valence-electron chi connectivity index (χ3n) is 12.6. The standard InChI is InChI=1S/C45H33N4O2.C14H15N2.Ir/c1-25(2)32-19-28(27-11-6-5-7-12-27)20-33(26(3)4)42(32)49-43-36-23-46-24-47-37(36)17-18-38(43)48-45(49)31-15-10-14-30-35-22-40-34(21-41(35)51-44(30)31)29-13-8-9-16-39(29)50-40;1-14(2,3)12-9-10-15-13(16-12)11-7-5-4-6-8-11;/h5-14,16-26H,1-4H3;4-7,9-10H,1-3H3;/q2*-1;. The smallest absolute Gasteiger partial charge is 0.136 e. The van der Waals surface area contributed by atoms with Crippen LogP contribution >= 0.6 is 0 Å². The number of furan rings is 2. The van der Waals surface area contributed by atoms with Gasteiger partial charge in [0, 0.05) is 70.8 Å². The van der Waals surface area contributed by atoms with Crippen LogP contribution in [0.25, 0.3) is 105 Å². The first-order valence-corrected chi connectivity index (χ1v) is 22.9. The van der Waals surface area contributed by atoms with Crippen molar-refractivity contribution >= 4 is 65.8 Å². The predicted octanol–water partition coefficient (Wildman–Crippen LogP) is 15.4. The van der Waals surface area contributed by atoms with E-state index in [2.05, 4.69) is 158 Å². The van der Waals surface area contributed by atoms with Gasteiger partial charge in [0.2, 0.25) is 0 Å². The molecule has 0 unspecified atom stereocenters. The Kier molecular flexibility index (Phi) is 11.6. The number of rotatable bonds is 6. The van der Waals surface area contributed by atoms with Crippen molar-refractivity contribution < 1.29 is 28.9 Å². The molecule has 0 saturated heterocycles. The maximum Gasteiger partial charge on any atom is 0.136 e. The van der Waals surface area contributed by atoms with Gasteiger partial charge in [-0.25, -0.2) is 9.97 Å². The van der Waals surface area contributed by atoms with Crippen molar-refractivity contribution in [2.45, 2.75) is 65.7 Å². The van der Waals surface area contributed by atoms with Crippen molar-refractivity contribution in [3.63, 3.8) is 0 Å². The maximum absolute atomic E-state index is 6.82. The average Bonchev–Trinajstić information content (AvgIpc) is 4.04. The molecule has 0 amide bonds. The molecular formula is C59H48IrN6O2-2. The summed E-state index contributed by atoms with van der Waals surface area (Å²) in [7, 11) is 0. The summed E-state index contributed by atoms with van der Waals surface area (Å²) in [6, 6.07) is 52.2. The van der Waals surface area contributed by atoms with E-state index in [1.54, 1.807) is 6.33 Å². The predicted molar refractivity (Wildman–Crippen MR) is 272 cm³/mol. The van der Waals surface area contributed by atoms with Crippen LogP contribution in [0.3, 0.4) is 0 Å². The van der Waals surface area contributed by atoms with Crippen LogP contribution in [0.15, 0.2) is 161 Å². The van der Waals surface area contributed by atoms with Crippen molar-refractivity contribution in [1.82, 2.24) is 29.5 Å². The summed E-state index contributed by atoms with van der Waals surface area (Å²) >= 11 is 0. The fraction of sp³-hybridized carbons (Fsp3) is 0.169. The van der Waals surface area contributed by atoms with E-state index in [9.17, 15) is 0 Å². The second-order valence-corrected chi connectivity index (χ2v) is 18.8. The number of hydrogen-bond donors (Lipinski definition) is 0. The largest absolute Gasteiger partial charge is 0.501 e. The van der Waals surface area contributed by atoms with E-state index < -0.39 is 0 Å². The molecule has 12 aromatic rings. The van der Waals surface area contributed by atoms with Crippen LogP contribution in [0.4, 0.5) is 0 Å². The van der Waals surface area contributed by atoms with Crippen molar-refractivity contribution in [3.8, 4) is 39.6 Å². The minimum Gasteiger partial charge on any atom is -0.501 e. The second kappa shape index (κ2) is 17.7. The molecule has 0 spiro atoms. The molecule has 1 radical (unpaired) electrons. The van der Waals surface area contributed by atoms with Gasteiger partial charge < -0.3 is 13.4 Å². The van der Waals surface area contributed by atoms with Gasteiger partial charge in [-0.15, -0.1) is 54.1 Å². The number of hydrogen-bond acceptors (Lipinski definition) is 7. The molecule has 0 fully saturated rings. The zero-order valence-corrected chi connectivity index (χ0v) is 41.3. The van der Waals surface area contributed by atoms with Gasteiger partial charge in [-0.1, -0.05) is 108 Å². The first-order valence-electron chi connectivity index (χ1n) is 22.9. The van der Waals surface area contributed by atoms with Gasteiger partial charge in [-0.3, -0.25) is 15.0 Å². The van der Waals surface area contributed by atoms with Crippen LogP contribution < -0.4 is 0 Å². The number of aromatic nitrogens is 6. The molecule has 9 heteroatoms. The Morgan fingerprint density at radius 2 is 1.29 bits per heavy atom. The fourth-order valence-electron chi connectivity index (χ4n) is 9.19. The van der Waals surface area contributed by atoms with E-state index >= 15 is 0 Å². The van der Waals surface area contributed by atoms with Gasteiger partial charge in [-0.2, -0.15) is 0 Å². The minimum absolute atomic E-state index is 0. The van der Waals surface area contributed by atoms with Gasteiger partial charge in [-0.05, 0) is 82.6 Å². The number of fused-ring (bicyclic) bond motifs is 9. The molecule has 5 heterocycles. The van der Waals surface area contributed by atoms with Crippen LogP contribution in [0.1, 0.15) is 77.1 Å². The van der Waals surface area contributed by atoms with E-state index in [1.165, 1.54) is 22.3 Å². The molecule has 337 valence electrons. The number of para-hydroxylation sites is 1. The van der Waals surface area contributed by atoms with Crippen LogP contribution in [-0.4, -0.2) is 29.5 Å². The second-order valence-electron chi connectivity index (χ2n) is 18.8. The molecule has 0 atom stereocenters. The molecule has 12 rings (SSSR count). The molecule has 7 aromatic carbocycles. The van der Waals surface area contributed by atoms with Crippen LogP contribution in [0.2, 0.25) is 0 Å². The first kappa shape index (κ1) is 44.5. The Morgan fingerprint density at radius 3 is 2.03 bits per heavy atom. The van der Waals surface area contributed by atoms with Gasteiger partial charge >= 0.3 is 0 Å². The normalized spacial score (nSPS) is 11.9. The monoisotopic (exact) mass is 1070 g/mol. The number of benzene rings is 7. The van der Waals surface area contributed by atoms with E-state index in [0.717, 1.165) is 100.0 Å². The molecule has 5 aromatic heterocycles. The SMILES string of the molecule is CC(C)(C)c1ccnc(-c2[c-]cccc2)n1.CC(C)c1cc(-c2ccccc2)cc(C(C)C)c1-n1c(-c2[c-]ccc3c2oc2cc4c(cc23)oc2ccccc24)nc2ccc3ncncc3c21.[Ir]. The molecular weight excluding hydrogens is 1020 g/mol. The van der Waals surface area contributed by atoms with Gasteiger partial charge in [0.05, 0.1) is 33.8 Å². The first-order chi connectivity index (χ1) is 32.5. The summed E-state index contributed by atoms with van der Waals surface area (Å²) in [5.74, 6) is 1.94. The molecule has 0 bridgehead atoms. The van der Waals surface area contributed by atoms with Crippen molar-refractivity contribution in [1.29, 1.82) is 0 Å². The van der Waals surface area contributed by atoms with Crippen LogP contribution in [-0.2, 0) is 25.5 Å². The molecule has 8 nitrogen and oxygen atoms in total. The Labute approximate surface area is 408 Å². The van der Waals surface area contributed by atoms with Gasteiger partial charge in [0.1, 0.15) is 23.1 Å². The van der Waals surface area contributed by atoms with Gasteiger partial charge in [0.25, 0.3) is 0 Å². The Bertz CT molecular complexity index is 3780. The van der Waals surface area contributed by atoms with E-state index in [4.69, 9.17) is 13.8 Å². The van der Waals surface area contributed by atoms with E-state index in [0.29, 0.717) is 0 Å². The van der Waals surface area contributed by atoms with Crippen molar-refractivity contribution in [2.24, 2.45) is 0 Å². The summed E-state index contributed by atoms with van der Waals surface area (Å²) in [5, 5.41) is 5.02. The van der Waals surface area contributed by atoms with E-state index in [1.807, 2.05) is 73.1 Å². The zero-order valence-electron chi connectivity index (χ0n) is 38.9. The average molecular weight is 1070 g/mol. The Balaban J connectivity index is 0.000000270. The maximum atomic E-state index is 6.82. The zero-order chi connectivity index (χ0) is 46.0. The number of nitrogens with zero attached hydrogens (tertiary/aromatic N) is 6. The summed E-state index contributed by atoms with van der Waals surface area (Å²) in [5.41, 5.74) is 14.7. The Hall–Kier alpha value is -7.32. The summed E-state index contributed by atoms with van der Waals surface area (Å²) in [4.78, 5) is 23.4. The van der Waals surface area contributed by atoms with Crippen molar-refractivity contribution in [2.75, 3.05) is 0 Å². The molecule has 0 N–H and O–H groups in total. The molecule has 0 saturated carbocycles. The van der Waals surface area contributed by atoms with Crippen molar-refractivity contribution in [3.05, 3.63) is 181 Å². The third kappa shape index (κ3) is 7.85. The molecule has 0 aliphatic rings. The summed E-state index contributed by atoms with van der Waals surface area (Å²) in [6.45, 7) is 15.5. The summed E-state index contributed by atoms with van der Waals surface area (Å²) in [6.07, 6.45) is 5.32. The molecule has 0 aliphatic heterocycles. The number of imidazole rings is 1. The topological polar surface area (TPSA) is 95.7 Å². The summed E-state index contributed by atoms with van der Waals surface area (Å²) < 4.78 is 15.4. The van der Waals surface area contributed by atoms with Gasteiger partial charge in [0.15, 0.2) is 0 Å². The quantitative estimate of drug-likeness (QED) is 0.153. The third-order valence-corrected chi connectivity index (χ3v) is 12.6. The Morgan fingerprint density at radius 1 is 0.588 bits per heavy atom. The van der Waals surface area contributed by atoms with E-state index in [-0.39, 0.29) is 37.4 Å². The van der Waals surface area contributed by atoms with Crippen LogP contribution in [0.5, 0.6) is 0 Å². The molecule has 0 aliphatic carbocycles. The van der Waals surface area contributed by atoms with Crippen LogP contribution in [0, 0.1) is 12.1 Å².